The largest absolute Gasteiger partial charge is 0.494 e. The van der Waals surface area contributed by atoms with E-state index in [-0.39, 0.29) is 0 Å². The lowest BCUT2D eigenvalue weighted by molar-refractivity contribution is 0.414. The molecule has 154 valence electrons. The first kappa shape index (κ1) is 19.8. The molecule has 3 heterocycles. The third kappa shape index (κ3) is 4.58. The number of ether oxygens (including phenoxy) is 1. The number of hydrogen-bond acceptors (Lipinski definition) is 2. The molecular formula is C25H33N3O. The molecule has 2 aromatic heterocycles. The summed E-state index contributed by atoms with van der Waals surface area (Å²) in [6.07, 6.45) is 18.0. The number of methoxy groups -OCH3 is 1. The van der Waals surface area contributed by atoms with Crippen LogP contribution in [0, 0.1) is 5.92 Å². The average molecular weight is 392 g/mol. The highest BCUT2D eigenvalue weighted by molar-refractivity contribution is 6.04. The fourth-order valence-electron chi connectivity index (χ4n) is 4.58. The molecule has 4 rings (SSSR count). The zero-order valence-electron chi connectivity index (χ0n) is 17.8. The Bertz CT molecular complexity index is 899. The Morgan fingerprint density at radius 3 is 2.90 bits per heavy atom. The van der Waals surface area contributed by atoms with Crippen LogP contribution in [-0.4, -0.2) is 22.8 Å². The summed E-state index contributed by atoms with van der Waals surface area (Å²) in [6.45, 7) is 2.29. The summed E-state index contributed by atoms with van der Waals surface area (Å²) in [5, 5.41) is 0. The van der Waals surface area contributed by atoms with Crippen molar-refractivity contribution in [2.45, 2.75) is 64.7 Å². The van der Waals surface area contributed by atoms with E-state index in [9.17, 15) is 0 Å². The molecule has 0 aromatic carbocycles. The maximum absolute atomic E-state index is 5.62. The number of aromatic amines is 2. The van der Waals surface area contributed by atoms with Gasteiger partial charge in [0.15, 0.2) is 0 Å². The van der Waals surface area contributed by atoms with Crippen molar-refractivity contribution < 1.29 is 4.74 Å². The quantitative estimate of drug-likeness (QED) is 0.553. The van der Waals surface area contributed by atoms with Crippen molar-refractivity contribution in [3.05, 3.63) is 47.4 Å². The van der Waals surface area contributed by atoms with Gasteiger partial charge >= 0.3 is 0 Å². The van der Waals surface area contributed by atoms with Crippen LogP contribution in [-0.2, 0) is 0 Å². The van der Waals surface area contributed by atoms with Crippen LogP contribution in [0.2, 0.25) is 0 Å². The van der Waals surface area contributed by atoms with Crippen LogP contribution in [0.4, 0.5) is 0 Å². The van der Waals surface area contributed by atoms with Crippen LogP contribution < -0.4 is 4.74 Å². The predicted molar refractivity (Wildman–Crippen MR) is 121 cm³/mol. The molecule has 4 nitrogen and oxygen atoms in total. The maximum atomic E-state index is 5.62. The highest BCUT2D eigenvalue weighted by Gasteiger charge is 2.24. The first-order chi connectivity index (χ1) is 14.3. The number of nitrogens with zero attached hydrogens (tertiary/aromatic N) is 1. The summed E-state index contributed by atoms with van der Waals surface area (Å²) in [6, 6.07) is 6.11. The maximum Gasteiger partial charge on any atom is 0.144 e. The SMILES string of the molecule is CCCC[C@@H]1CCCCCCC2=NC(=Cc3[nH]c(-c4ccc[nH]4)cc3OC)C=C21. The summed E-state index contributed by atoms with van der Waals surface area (Å²) in [7, 11) is 1.72. The lowest BCUT2D eigenvalue weighted by Gasteiger charge is -2.18. The van der Waals surface area contributed by atoms with E-state index in [1.54, 1.807) is 7.11 Å². The van der Waals surface area contributed by atoms with Gasteiger partial charge in [0.2, 0.25) is 0 Å². The van der Waals surface area contributed by atoms with Crippen LogP contribution in [0.1, 0.15) is 70.4 Å². The van der Waals surface area contributed by atoms with Gasteiger partial charge in [0, 0.05) is 18.0 Å². The van der Waals surface area contributed by atoms with Crippen LogP contribution in [0.15, 0.2) is 46.7 Å². The molecule has 4 heteroatoms. The summed E-state index contributed by atoms with van der Waals surface area (Å²) >= 11 is 0. The standard InChI is InChI=1S/C25H33N3O/c1-3-4-10-18-11-7-5-6-8-12-21-20(18)15-19(27-21)16-24-25(29-2)17-23(28-24)22-13-9-14-26-22/h9,13-18,26,28H,3-8,10-12H2,1-2H3/t18-/m1/s1. The van der Waals surface area contributed by atoms with Crippen molar-refractivity contribution in [2.75, 3.05) is 7.11 Å². The smallest absolute Gasteiger partial charge is 0.144 e. The van der Waals surface area contributed by atoms with Gasteiger partial charge in [-0.25, -0.2) is 0 Å². The molecule has 0 amide bonds. The van der Waals surface area contributed by atoms with E-state index < -0.39 is 0 Å². The molecule has 2 aromatic rings. The van der Waals surface area contributed by atoms with E-state index in [0.29, 0.717) is 5.92 Å². The topological polar surface area (TPSA) is 53.2 Å². The number of rotatable bonds is 6. The number of hydrogen-bond donors (Lipinski definition) is 2. The van der Waals surface area contributed by atoms with Crippen LogP contribution >= 0.6 is 0 Å². The lowest BCUT2D eigenvalue weighted by Crippen LogP contribution is -2.11. The molecule has 29 heavy (non-hydrogen) atoms. The third-order valence-electron chi connectivity index (χ3n) is 6.17. The molecule has 2 N–H and O–H groups in total. The average Bonchev–Trinajstić information content (AvgIpc) is 3.46. The number of aliphatic imine (C=N–C) groups is 1. The highest BCUT2D eigenvalue weighted by atomic mass is 16.5. The zero-order valence-corrected chi connectivity index (χ0v) is 17.8. The Balaban J connectivity index is 1.65. The van der Waals surface area contributed by atoms with Crippen molar-refractivity contribution in [3.63, 3.8) is 0 Å². The van der Waals surface area contributed by atoms with Crippen LogP contribution in [0.25, 0.3) is 17.5 Å². The number of nitrogens with one attached hydrogen (secondary N) is 2. The number of aromatic nitrogens is 2. The van der Waals surface area contributed by atoms with Gasteiger partial charge in [-0.15, -0.1) is 0 Å². The second-order valence-electron chi connectivity index (χ2n) is 8.27. The summed E-state index contributed by atoms with van der Waals surface area (Å²) in [4.78, 5) is 11.8. The number of H-pyrrole nitrogens is 2. The van der Waals surface area contributed by atoms with Gasteiger partial charge in [-0.05, 0) is 61.5 Å². The van der Waals surface area contributed by atoms with Crippen molar-refractivity contribution in [1.82, 2.24) is 9.97 Å². The van der Waals surface area contributed by atoms with Gasteiger partial charge in [-0.3, -0.25) is 4.99 Å². The molecule has 1 saturated carbocycles. The van der Waals surface area contributed by atoms with Crippen molar-refractivity contribution in [2.24, 2.45) is 10.9 Å². The van der Waals surface area contributed by atoms with E-state index in [1.165, 1.54) is 62.7 Å². The molecular weight excluding hydrogens is 358 g/mol. The minimum atomic E-state index is 0.665. The molecule has 2 aliphatic rings. The predicted octanol–water partition coefficient (Wildman–Crippen LogP) is 6.90. The molecule has 0 unspecified atom stereocenters. The van der Waals surface area contributed by atoms with E-state index in [1.807, 2.05) is 18.3 Å². The molecule has 0 bridgehead atoms. The Hall–Kier alpha value is -2.49. The molecule has 1 atom stereocenters. The number of allylic oxidation sites excluding steroid dienone is 2. The van der Waals surface area contributed by atoms with E-state index in [4.69, 9.17) is 9.73 Å². The molecule has 1 aliphatic heterocycles. The Labute approximate surface area is 174 Å². The van der Waals surface area contributed by atoms with Gasteiger partial charge in [-0.2, -0.15) is 0 Å². The van der Waals surface area contributed by atoms with Crippen molar-refractivity contribution in [1.29, 1.82) is 0 Å². The fourth-order valence-corrected chi connectivity index (χ4v) is 4.58. The molecule has 1 fully saturated rings. The molecule has 1 aliphatic carbocycles. The lowest BCUT2D eigenvalue weighted by atomic mass is 9.86. The first-order valence-electron chi connectivity index (χ1n) is 11.2. The minimum absolute atomic E-state index is 0.665. The summed E-state index contributed by atoms with van der Waals surface area (Å²) < 4.78 is 5.62. The van der Waals surface area contributed by atoms with E-state index >= 15 is 0 Å². The normalized spacial score (nSPS) is 21.2. The Morgan fingerprint density at radius 1 is 1.21 bits per heavy atom. The van der Waals surface area contributed by atoms with Gasteiger partial charge in [0.05, 0.1) is 29.9 Å². The molecule has 0 radical (unpaired) electrons. The zero-order chi connectivity index (χ0) is 20.1. The van der Waals surface area contributed by atoms with Crippen LogP contribution in [0.3, 0.4) is 0 Å². The highest BCUT2D eigenvalue weighted by Crippen LogP contribution is 2.35. The van der Waals surface area contributed by atoms with Crippen molar-refractivity contribution >= 4 is 11.8 Å². The number of fused-ring (bicyclic) bond motifs is 1. The van der Waals surface area contributed by atoms with Gasteiger partial charge in [0.1, 0.15) is 5.75 Å². The van der Waals surface area contributed by atoms with Crippen LogP contribution in [0.5, 0.6) is 5.75 Å². The van der Waals surface area contributed by atoms with Gasteiger partial charge in [-0.1, -0.05) is 39.0 Å². The minimum Gasteiger partial charge on any atom is -0.494 e. The van der Waals surface area contributed by atoms with Crippen molar-refractivity contribution in [3.8, 4) is 17.1 Å². The summed E-state index contributed by atoms with van der Waals surface area (Å²) in [5.41, 5.74) is 6.94. The fraction of sp³-hybridized carbons (Fsp3) is 0.480. The molecule has 0 saturated heterocycles. The second-order valence-corrected chi connectivity index (χ2v) is 8.27. The third-order valence-corrected chi connectivity index (χ3v) is 6.17. The number of unbranched alkanes of at least 4 members (excludes halogenated alkanes) is 1. The van der Waals surface area contributed by atoms with E-state index in [2.05, 4.69) is 35.1 Å². The van der Waals surface area contributed by atoms with Gasteiger partial charge in [0.25, 0.3) is 0 Å². The first-order valence-corrected chi connectivity index (χ1v) is 11.2. The summed E-state index contributed by atoms with van der Waals surface area (Å²) in [5.74, 6) is 1.52. The Morgan fingerprint density at radius 2 is 2.10 bits per heavy atom. The van der Waals surface area contributed by atoms with Gasteiger partial charge < -0.3 is 14.7 Å². The molecule has 0 spiro atoms. The Kier molecular flexibility index (Phi) is 6.38. The second kappa shape index (κ2) is 9.34. The monoisotopic (exact) mass is 391 g/mol. The van der Waals surface area contributed by atoms with E-state index in [0.717, 1.165) is 34.9 Å².